The summed E-state index contributed by atoms with van der Waals surface area (Å²) in [4.78, 5) is 18.5. The first-order valence-corrected chi connectivity index (χ1v) is 8.13. The number of guanidine groups is 1. The van der Waals surface area contributed by atoms with E-state index in [-0.39, 0.29) is 35.6 Å². The smallest absolute Gasteiger partial charge is 0.251 e. The molecule has 0 atom stereocenters. The molecule has 1 amide bonds. The monoisotopic (exact) mass is 468 g/mol. The molecule has 26 heavy (non-hydrogen) atoms. The van der Waals surface area contributed by atoms with Gasteiger partial charge in [-0.05, 0) is 29.8 Å². The van der Waals surface area contributed by atoms with Crippen LogP contribution in [-0.2, 0) is 6.54 Å². The van der Waals surface area contributed by atoms with E-state index < -0.39 is 0 Å². The number of hydrogen-bond acceptors (Lipinski definition) is 3. The molecule has 0 spiro atoms. The minimum absolute atomic E-state index is 0. The molecule has 0 unspecified atom stereocenters. The average Bonchev–Trinajstić information content (AvgIpc) is 2.62. The molecule has 7 heteroatoms. The number of amides is 1. The Labute approximate surface area is 171 Å². The number of phenolic OH excluding ortho intramolecular Hbond substituents is 1. The van der Waals surface area contributed by atoms with Gasteiger partial charge in [0.15, 0.2) is 5.96 Å². The highest BCUT2D eigenvalue weighted by Crippen LogP contribution is 2.09. The van der Waals surface area contributed by atoms with Crippen LogP contribution in [0.25, 0.3) is 0 Å². The molecule has 0 aliphatic rings. The largest absolute Gasteiger partial charge is 0.508 e. The highest BCUT2D eigenvalue weighted by atomic mass is 127. The van der Waals surface area contributed by atoms with Crippen LogP contribution in [0.15, 0.2) is 59.6 Å². The number of aromatic hydroxyl groups is 1. The van der Waals surface area contributed by atoms with Crippen molar-refractivity contribution in [2.75, 3.05) is 27.2 Å². The second-order valence-electron chi connectivity index (χ2n) is 5.75. The summed E-state index contributed by atoms with van der Waals surface area (Å²) in [5.41, 5.74) is 1.66. The van der Waals surface area contributed by atoms with E-state index in [1.807, 2.05) is 49.3 Å². The lowest BCUT2D eigenvalue weighted by atomic mass is 10.2. The van der Waals surface area contributed by atoms with Gasteiger partial charge in [0.25, 0.3) is 5.91 Å². The number of phenols is 1. The van der Waals surface area contributed by atoms with E-state index in [2.05, 4.69) is 15.6 Å². The molecule has 140 valence electrons. The maximum Gasteiger partial charge on any atom is 0.251 e. The van der Waals surface area contributed by atoms with Gasteiger partial charge in [0.2, 0.25) is 0 Å². The van der Waals surface area contributed by atoms with Crippen molar-refractivity contribution in [2.24, 2.45) is 4.99 Å². The minimum atomic E-state index is -0.172. The first-order chi connectivity index (χ1) is 12.1. The molecule has 0 heterocycles. The van der Waals surface area contributed by atoms with Crippen LogP contribution in [0.1, 0.15) is 15.9 Å². The van der Waals surface area contributed by atoms with Crippen molar-refractivity contribution in [3.05, 3.63) is 65.7 Å². The summed E-state index contributed by atoms with van der Waals surface area (Å²) in [5, 5.41) is 15.3. The lowest BCUT2D eigenvalue weighted by Gasteiger charge is -2.18. The van der Waals surface area contributed by atoms with E-state index in [1.54, 1.807) is 12.1 Å². The van der Waals surface area contributed by atoms with Crippen molar-refractivity contribution in [1.82, 2.24) is 15.5 Å². The van der Waals surface area contributed by atoms with Gasteiger partial charge in [0, 0.05) is 32.7 Å². The number of nitrogens with one attached hydrogen (secondary N) is 2. The van der Waals surface area contributed by atoms with Crippen LogP contribution in [0, 0.1) is 0 Å². The summed E-state index contributed by atoms with van der Waals surface area (Å²) in [6.45, 7) is 1.63. The van der Waals surface area contributed by atoms with E-state index in [0.717, 1.165) is 11.5 Å². The van der Waals surface area contributed by atoms with Gasteiger partial charge in [-0.2, -0.15) is 0 Å². The Hall–Kier alpha value is -2.29. The summed E-state index contributed by atoms with van der Waals surface area (Å²) >= 11 is 0. The van der Waals surface area contributed by atoms with Crippen LogP contribution < -0.4 is 10.6 Å². The van der Waals surface area contributed by atoms with Crippen LogP contribution in [0.5, 0.6) is 5.75 Å². The topological polar surface area (TPSA) is 77.0 Å². The maximum atomic E-state index is 12.0. The second kappa shape index (κ2) is 11.3. The van der Waals surface area contributed by atoms with E-state index >= 15 is 0 Å². The number of carbonyl (C=O) groups excluding carboxylic acids is 1. The van der Waals surface area contributed by atoms with Gasteiger partial charge in [0.05, 0.1) is 6.54 Å². The van der Waals surface area contributed by atoms with Crippen LogP contribution >= 0.6 is 24.0 Å². The van der Waals surface area contributed by atoms with Crippen molar-refractivity contribution in [3.63, 3.8) is 0 Å². The highest BCUT2D eigenvalue weighted by molar-refractivity contribution is 14.0. The highest BCUT2D eigenvalue weighted by Gasteiger charge is 2.05. The minimum Gasteiger partial charge on any atom is -0.508 e. The molecule has 0 fully saturated rings. The fourth-order valence-electron chi connectivity index (χ4n) is 2.17. The summed E-state index contributed by atoms with van der Waals surface area (Å²) in [5.74, 6) is 0.737. The van der Waals surface area contributed by atoms with Crippen molar-refractivity contribution in [3.8, 4) is 5.75 Å². The normalized spacial score (nSPS) is 10.6. The van der Waals surface area contributed by atoms with Crippen LogP contribution in [0.4, 0.5) is 0 Å². The summed E-state index contributed by atoms with van der Waals surface area (Å²) in [6, 6.07) is 16.2. The Kier molecular flexibility index (Phi) is 9.50. The van der Waals surface area contributed by atoms with E-state index in [0.29, 0.717) is 25.2 Å². The number of nitrogens with zero attached hydrogens (tertiary/aromatic N) is 2. The first-order valence-electron chi connectivity index (χ1n) is 8.13. The number of carbonyl (C=O) groups is 1. The number of aliphatic imine (C=N–C) groups is 1. The van der Waals surface area contributed by atoms with Gasteiger partial charge in [-0.3, -0.25) is 4.79 Å². The summed E-state index contributed by atoms with van der Waals surface area (Å²) < 4.78 is 0. The third-order valence-corrected chi connectivity index (χ3v) is 3.50. The van der Waals surface area contributed by atoms with Gasteiger partial charge in [0.1, 0.15) is 5.75 Å². The van der Waals surface area contributed by atoms with Gasteiger partial charge >= 0.3 is 0 Å². The number of benzene rings is 2. The standard InChI is InChI=1S/C19H24N4O2.HI/c1-23(2)19(22-14-15-6-4-3-5-7-15)21-13-12-20-18(25)16-8-10-17(24)11-9-16;/h3-11,24H,12-14H2,1-2H3,(H,20,25)(H,21,22);1H. The Balaban J connectivity index is 0.00000338. The average molecular weight is 468 g/mol. The molecule has 6 nitrogen and oxygen atoms in total. The number of hydrogen-bond donors (Lipinski definition) is 3. The molecule has 0 aromatic heterocycles. The molecule has 0 aliphatic carbocycles. The zero-order chi connectivity index (χ0) is 18.1. The van der Waals surface area contributed by atoms with Crippen molar-refractivity contribution in [1.29, 1.82) is 0 Å². The van der Waals surface area contributed by atoms with Crippen molar-refractivity contribution in [2.45, 2.75) is 6.54 Å². The lowest BCUT2D eigenvalue weighted by Crippen LogP contribution is -2.41. The molecule has 0 radical (unpaired) electrons. The maximum absolute atomic E-state index is 12.0. The zero-order valence-electron chi connectivity index (χ0n) is 15.0. The lowest BCUT2D eigenvalue weighted by molar-refractivity contribution is 0.0954. The molecule has 0 saturated carbocycles. The predicted octanol–water partition coefficient (Wildman–Crippen LogP) is 2.45. The summed E-state index contributed by atoms with van der Waals surface area (Å²) in [7, 11) is 3.84. The molecule has 0 saturated heterocycles. The van der Waals surface area contributed by atoms with Crippen LogP contribution in [0.2, 0.25) is 0 Å². The molecular weight excluding hydrogens is 443 g/mol. The SMILES string of the molecule is CN(C)C(=NCc1ccccc1)NCCNC(=O)c1ccc(O)cc1.I. The van der Waals surface area contributed by atoms with Crippen LogP contribution in [0.3, 0.4) is 0 Å². The molecule has 3 N–H and O–H groups in total. The van der Waals surface area contributed by atoms with E-state index in [1.165, 1.54) is 12.1 Å². The van der Waals surface area contributed by atoms with Crippen molar-refractivity contribution >= 4 is 35.8 Å². The third-order valence-electron chi connectivity index (χ3n) is 3.50. The van der Waals surface area contributed by atoms with Gasteiger partial charge in [-0.15, -0.1) is 24.0 Å². The van der Waals surface area contributed by atoms with Crippen LogP contribution in [-0.4, -0.2) is 49.1 Å². The van der Waals surface area contributed by atoms with E-state index in [4.69, 9.17) is 0 Å². The predicted molar refractivity (Wildman–Crippen MR) is 115 cm³/mol. The third kappa shape index (κ3) is 7.30. The Morgan fingerprint density at radius 2 is 1.62 bits per heavy atom. The van der Waals surface area contributed by atoms with Gasteiger partial charge in [-0.1, -0.05) is 30.3 Å². The Morgan fingerprint density at radius 3 is 2.23 bits per heavy atom. The first kappa shape index (κ1) is 21.8. The molecule has 2 rings (SSSR count). The van der Waals surface area contributed by atoms with E-state index in [9.17, 15) is 9.90 Å². The molecular formula is C19H25IN4O2. The molecule has 2 aromatic carbocycles. The molecule has 0 aliphatic heterocycles. The second-order valence-corrected chi connectivity index (χ2v) is 5.75. The number of rotatable bonds is 6. The quantitative estimate of drug-likeness (QED) is 0.264. The number of halogens is 1. The zero-order valence-corrected chi connectivity index (χ0v) is 17.3. The molecule has 0 bridgehead atoms. The fourth-order valence-corrected chi connectivity index (χ4v) is 2.17. The Bertz CT molecular complexity index is 703. The Morgan fingerprint density at radius 1 is 1.00 bits per heavy atom. The molecule has 2 aromatic rings. The van der Waals surface area contributed by atoms with Gasteiger partial charge in [-0.25, -0.2) is 4.99 Å². The fraction of sp³-hybridized carbons (Fsp3) is 0.263. The van der Waals surface area contributed by atoms with Gasteiger partial charge < -0.3 is 20.6 Å². The van der Waals surface area contributed by atoms with Crippen molar-refractivity contribution < 1.29 is 9.90 Å². The summed E-state index contributed by atoms with van der Waals surface area (Å²) in [6.07, 6.45) is 0.